The first-order valence-electron chi connectivity index (χ1n) is 7.30. The van der Waals surface area contributed by atoms with E-state index in [-0.39, 0.29) is 16.2 Å². The molecule has 2 atom stereocenters. The molecule has 130 valence electrons. The van der Waals surface area contributed by atoms with E-state index in [4.69, 9.17) is 0 Å². The fraction of sp³-hybridized carbons (Fsp3) is 0.600. The maximum atomic E-state index is 13.2. The number of rotatable bonds is 3. The van der Waals surface area contributed by atoms with Gasteiger partial charge in [-0.25, -0.2) is 21.2 Å². The fourth-order valence-corrected chi connectivity index (χ4v) is 7.79. The van der Waals surface area contributed by atoms with Crippen LogP contribution in [0.15, 0.2) is 23.1 Å². The highest BCUT2D eigenvalue weighted by Crippen LogP contribution is 2.29. The summed E-state index contributed by atoms with van der Waals surface area (Å²) in [5, 5.41) is 2.02. The normalized spacial score (nSPS) is 24.7. The molecule has 1 aromatic carbocycles. The van der Waals surface area contributed by atoms with Crippen LogP contribution in [-0.2, 0) is 19.7 Å². The Labute approximate surface area is 137 Å². The zero-order valence-corrected chi connectivity index (χ0v) is 15.3. The Kier molecular flexibility index (Phi) is 4.65. The third kappa shape index (κ3) is 4.10. The molecule has 0 saturated carbocycles. The summed E-state index contributed by atoms with van der Waals surface area (Å²) in [5.74, 6) is -1.15. The molecule has 0 amide bonds. The SMILES string of the molecule is Cc1cc(F)ccc1S(=O)(=O)[C@H]1CS(=O)(=O)C[C@@H]1NC(C)(C)C. The summed E-state index contributed by atoms with van der Waals surface area (Å²) in [6.07, 6.45) is 0. The molecular formula is C15H22FNO4S2. The lowest BCUT2D eigenvalue weighted by atomic mass is 10.1. The Morgan fingerprint density at radius 3 is 2.35 bits per heavy atom. The number of nitrogens with one attached hydrogen (secondary N) is 1. The van der Waals surface area contributed by atoms with E-state index in [1.165, 1.54) is 13.0 Å². The Morgan fingerprint density at radius 1 is 1.22 bits per heavy atom. The summed E-state index contributed by atoms with van der Waals surface area (Å²) >= 11 is 0. The monoisotopic (exact) mass is 363 g/mol. The van der Waals surface area contributed by atoms with Gasteiger partial charge in [0.15, 0.2) is 19.7 Å². The summed E-state index contributed by atoms with van der Waals surface area (Å²) in [7, 11) is -7.33. The summed E-state index contributed by atoms with van der Waals surface area (Å²) < 4.78 is 63.1. The van der Waals surface area contributed by atoms with Gasteiger partial charge in [-0.05, 0) is 51.5 Å². The van der Waals surface area contributed by atoms with Gasteiger partial charge in [-0.1, -0.05) is 0 Å². The van der Waals surface area contributed by atoms with Crippen LogP contribution in [0.4, 0.5) is 4.39 Å². The summed E-state index contributed by atoms with van der Waals surface area (Å²) in [4.78, 5) is -0.0123. The van der Waals surface area contributed by atoms with Crippen molar-refractivity contribution in [2.24, 2.45) is 0 Å². The van der Waals surface area contributed by atoms with Crippen LogP contribution in [-0.4, -0.2) is 45.2 Å². The van der Waals surface area contributed by atoms with Crippen LogP contribution in [0.3, 0.4) is 0 Å². The van der Waals surface area contributed by atoms with Crippen molar-refractivity contribution >= 4 is 19.7 Å². The second-order valence-electron chi connectivity index (χ2n) is 7.07. The highest BCUT2D eigenvalue weighted by atomic mass is 32.2. The predicted molar refractivity (Wildman–Crippen MR) is 87.4 cm³/mol. The first kappa shape index (κ1) is 18.4. The molecule has 1 heterocycles. The van der Waals surface area contributed by atoms with E-state index >= 15 is 0 Å². The Hall–Kier alpha value is -0.990. The Balaban J connectivity index is 2.47. The lowest BCUT2D eigenvalue weighted by molar-refractivity contribution is 0.374. The Morgan fingerprint density at radius 2 is 1.83 bits per heavy atom. The molecule has 0 radical (unpaired) electrons. The minimum atomic E-state index is -3.89. The average Bonchev–Trinajstić information content (AvgIpc) is 2.61. The predicted octanol–water partition coefficient (Wildman–Crippen LogP) is 1.46. The molecule has 0 bridgehead atoms. The van der Waals surface area contributed by atoms with E-state index in [1.54, 1.807) is 0 Å². The first-order valence-corrected chi connectivity index (χ1v) is 10.7. The number of hydrogen-bond acceptors (Lipinski definition) is 5. The second kappa shape index (κ2) is 5.82. The largest absolute Gasteiger partial charge is 0.307 e. The van der Waals surface area contributed by atoms with Crippen molar-refractivity contribution in [2.45, 2.75) is 49.4 Å². The van der Waals surface area contributed by atoms with Crippen molar-refractivity contribution in [3.63, 3.8) is 0 Å². The van der Waals surface area contributed by atoms with E-state index in [2.05, 4.69) is 5.32 Å². The topological polar surface area (TPSA) is 80.3 Å². The van der Waals surface area contributed by atoms with E-state index in [1.807, 2.05) is 20.8 Å². The van der Waals surface area contributed by atoms with Crippen molar-refractivity contribution < 1.29 is 21.2 Å². The van der Waals surface area contributed by atoms with E-state index in [0.717, 1.165) is 12.1 Å². The molecule has 0 unspecified atom stereocenters. The smallest absolute Gasteiger partial charge is 0.184 e. The molecule has 0 aliphatic carbocycles. The fourth-order valence-electron chi connectivity index (χ4n) is 2.91. The minimum absolute atomic E-state index is 0.0123. The van der Waals surface area contributed by atoms with Gasteiger partial charge in [-0.3, -0.25) is 0 Å². The molecular weight excluding hydrogens is 341 g/mol. The zero-order valence-electron chi connectivity index (χ0n) is 13.6. The van der Waals surface area contributed by atoms with Crippen LogP contribution in [0.1, 0.15) is 26.3 Å². The molecule has 8 heteroatoms. The Bertz CT molecular complexity index is 810. The molecule has 1 aromatic rings. The van der Waals surface area contributed by atoms with Gasteiger partial charge in [0.2, 0.25) is 0 Å². The third-order valence-electron chi connectivity index (χ3n) is 3.76. The van der Waals surface area contributed by atoms with Crippen molar-refractivity contribution in [2.75, 3.05) is 11.5 Å². The number of sulfone groups is 2. The number of benzene rings is 1. The van der Waals surface area contributed by atoms with Crippen LogP contribution in [0.5, 0.6) is 0 Å². The van der Waals surface area contributed by atoms with Gasteiger partial charge in [0.1, 0.15) is 5.82 Å². The summed E-state index contributed by atoms with van der Waals surface area (Å²) in [5.41, 5.74) is -0.139. The zero-order chi connectivity index (χ0) is 17.6. The number of hydrogen-bond donors (Lipinski definition) is 1. The maximum absolute atomic E-state index is 13.2. The van der Waals surface area contributed by atoms with Crippen LogP contribution < -0.4 is 5.32 Å². The van der Waals surface area contributed by atoms with E-state index in [9.17, 15) is 21.2 Å². The van der Waals surface area contributed by atoms with Gasteiger partial charge < -0.3 is 5.32 Å². The van der Waals surface area contributed by atoms with Gasteiger partial charge in [-0.15, -0.1) is 0 Å². The molecule has 0 spiro atoms. The molecule has 5 nitrogen and oxygen atoms in total. The van der Waals surface area contributed by atoms with Crippen molar-refractivity contribution in [3.05, 3.63) is 29.6 Å². The van der Waals surface area contributed by atoms with Gasteiger partial charge in [-0.2, -0.15) is 0 Å². The standard InChI is InChI=1S/C15H22FNO4S2/c1-10-7-11(16)5-6-13(10)23(20,21)14-9-22(18,19)8-12(14)17-15(2,3)4/h5-7,12,14,17H,8-9H2,1-4H3/t12-,14-/m0/s1. The lowest BCUT2D eigenvalue weighted by Gasteiger charge is -2.29. The molecule has 1 aliphatic rings. The summed E-state index contributed by atoms with van der Waals surface area (Å²) in [6, 6.07) is 2.74. The number of aryl methyl sites for hydroxylation is 1. The molecule has 23 heavy (non-hydrogen) atoms. The average molecular weight is 363 g/mol. The van der Waals surface area contributed by atoms with E-state index in [0.29, 0.717) is 0 Å². The quantitative estimate of drug-likeness (QED) is 0.823. The number of halogens is 1. The summed E-state index contributed by atoms with van der Waals surface area (Å²) in [6.45, 7) is 7.06. The molecule has 1 saturated heterocycles. The van der Waals surface area contributed by atoms with Crippen LogP contribution in [0, 0.1) is 12.7 Å². The molecule has 1 fully saturated rings. The van der Waals surface area contributed by atoms with E-state index < -0.39 is 48.1 Å². The van der Waals surface area contributed by atoms with Gasteiger partial charge in [0, 0.05) is 11.6 Å². The molecule has 1 N–H and O–H groups in total. The van der Waals surface area contributed by atoms with Crippen molar-refractivity contribution in [3.8, 4) is 0 Å². The molecule has 1 aliphatic heterocycles. The van der Waals surface area contributed by atoms with Crippen molar-refractivity contribution in [1.29, 1.82) is 0 Å². The highest BCUT2D eigenvalue weighted by Gasteiger charge is 2.47. The first-order chi connectivity index (χ1) is 10.3. The van der Waals surface area contributed by atoms with Gasteiger partial charge in [0.25, 0.3) is 0 Å². The lowest BCUT2D eigenvalue weighted by Crippen LogP contribution is -2.51. The molecule has 0 aromatic heterocycles. The van der Waals surface area contributed by atoms with Crippen LogP contribution >= 0.6 is 0 Å². The van der Waals surface area contributed by atoms with Crippen molar-refractivity contribution in [1.82, 2.24) is 5.32 Å². The highest BCUT2D eigenvalue weighted by molar-refractivity contribution is 7.96. The van der Waals surface area contributed by atoms with Gasteiger partial charge >= 0.3 is 0 Å². The van der Waals surface area contributed by atoms with Gasteiger partial charge in [0.05, 0.1) is 21.7 Å². The van der Waals surface area contributed by atoms with Crippen LogP contribution in [0.25, 0.3) is 0 Å². The third-order valence-corrected chi connectivity index (χ3v) is 8.07. The minimum Gasteiger partial charge on any atom is -0.307 e. The van der Waals surface area contributed by atoms with Crippen LogP contribution in [0.2, 0.25) is 0 Å². The molecule has 2 rings (SSSR count). The maximum Gasteiger partial charge on any atom is 0.184 e. The second-order valence-corrected chi connectivity index (χ2v) is 11.4.